The maximum atomic E-state index is 12.2. The molecule has 0 fully saturated rings. The molecule has 0 aliphatic carbocycles. The SMILES string of the molecule is O=C(NCCc1ccccn1)C(=O)NCC(c1ccccc1)c1ccccc1. The van der Waals surface area contributed by atoms with E-state index >= 15 is 0 Å². The van der Waals surface area contributed by atoms with Gasteiger partial charge in [-0.1, -0.05) is 66.7 Å². The number of nitrogens with zero attached hydrogens (tertiary/aromatic N) is 1. The summed E-state index contributed by atoms with van der Waals surface area (Å²) in [7, 11) is 0. The largest absolute Gasteiger partial charge is 0.347 e. The van der Waals surface area contributed by atoms with E-state index in [1.165, 1.54) is 0 Å². The Labute approximate surface area is 164 Å². The van der Waals surface area contributed by atoms with E-state index in [-0.39, 0.29) is 5.92 Å². The molecule has 0 bridgehead atoms. The fourth-order valence-corrected chi connectivity index (χ4v) is 3.00. The normalized spacial score (nSPS) is 10.5. The first kappa shape index (κ1) is 19.3. The molecule has 5 nitrogen and oxygen atoms in total. The van der Waals surface area contributed by atoms with Crippen LogP contribution < -0.4 is 10.6 Å². The van der Waals surface area contributed by atoms with Crippen LogP contribution in [0.1, 0.15) is 22.7 Å². The van der Waals surface area contributed by atoms with Crippen molar-refractivity contribution in [1.29, 1.82) is 0 Å². The standard InChI is InChI=1S/C23H23N3O2/c27-22(25-16-14-20-13-7-8-15-24-20)23(28)26-17-21(18-9-3-1-4-10-18)19-11-5-2-6-12-19/h1-13,15,21H,14,16-17H2,(H,25,27)(H,26,28). The van der Waals surface area contributed by atoms with E-state index in [0.717, 1.165) is 16.8 Å². The van der Waals surface area contributed by atoms with Crippen LogP contribution in [-0.2, 0) is 16.0 Å². The number of rotatable bonds is 7. The van der Waals surface area contributed by atoms with Crippen LogP contribution in [0.15, 0.2) is 85.1 Å². The third-order valence-electron chi connectivity index (χ3n) is 4.47. The van der Waals surface area contributed by atoms with E-state index in [1.54, 1.807) is 6.20 Å². The fourth-order valence-electron chi connectivity index (χ4n) is 3.00. The summed E-state index contributed by atoms with van der Waals surface area (Å²) >= 11 is 0. The van der Waals surface area contributed by atoms with Gasteiger partial charge in [0.15, 0.2) is 0 Å². The van der Waals surface area contributed by atoms with Crippen molar-refractivity contribution in [3.63, 3.8) is 0 Å². The predicted octanol–water partition coefficient (Wildman–Crippen LogP) is 2.69. The van der Waals surface area contributed by atoms with E-state index in [1.807, 2.05) is 78.9 Å². The monoisotopic (exact) mass is 373 g/mol. The number of nitrogens with one attached hydrogen (secondary N) is 2. The summed E-state index contributed by atoms with van der Waals surface area (Å²) in [6.07, 6.45) is 2.29. The highest BCUT2D eigenvalue weighted by atomic mass is 16.2. The molecule has 2 amide bonds. The van der Waals surface area contributed by atoms with Crippen molar-refractivity contribution in [2.24, 2.45) is 0 Å². The van der Waals surface area contributed by atoms with Gasteiger partial charge in [0.25, 0.3) is 0 Å². The fraction of sp³-hybridized carbons (Fsp3) is 0.174. The lowest BCUT2D eigenvalue weighted by atomic mass is 9.91. The molecule has 28 heavy (non-hydrogen) atoms. The van der Waals surface area contributed by atoms with Gasteiger partial charge in [0.2, 0.25) is 0 Å². The molecule has 0 spiro atoms. The number of hydrogen-bond donors (Lipinski definition) is 2. The summed E-state index contributed by atoms with van der Waals surface area (Å²) in [4.78, 5) is 28.5. The third kappa shape index (κ3) is 5.51. The van der Waals surface area contributed by atoms with Gasteiger partial charge in [-0.2, -0.15) is 0 Å². The van der Waals surface area contributed by atoms with E-state index < -0.39 is 11.8 Å². The van der Waals surface area contributed by atoms with Crippen molar-refractivity contribution in [2.45, 2.75) is 12.3 Å². The molecule has 142 valence electrons. The van der Waals surface area contributed by atoms with Gasteiger partial charge < -0.3 is 10.6 Å². The van der Waals surface area contributed by atoms with Gasteiger partial charge in [-0.15, -0.1) is 0 Å². The smallest absolute Gasteiger partial charge is 0.309 e. The Morgan fingerprint density at radius 3 is 1.89 bits per heavy atom. The first-order valence-electron chi connectivity index (χ1n) is 9.30. The Morgan fingerprint density at radius 1 is 0.750 bits per heavy atom. The van der Waals surface area contributed by atoms with Crippen LogP contribution in [0, 0.1) is 0 Å². The molecule has 0 saturated carbocycles. The van der Waals surface area contributed by atoms with Crippen molar-refractivity contribution < 1.29 is 9.59 Å². The van der Waals surface area contributed by atoms with Gasteiger partial charge in [-0.05, 0) is 23.3 Å². The number of aromatic nitrogens is 1. The van der Waals surface area contributed by atoms with Crippen molar-refractivity contribution in [1.82, 2.24) is 15.6 Å². The van der Waals surface area contributed by atoms with Crippen LogP contribution in [0.3, 0.4) is 0 Å². The summed E-state index contributed by atoms with van der Waals surface area (Å²) in [6.45, 7) is 0.713. The molecule has 2 aromatic carbocycles. The van der Waals surface area contributed by atoms with Gasteiger partial charge in [0.05, 0.1) is 0 Å². The van der Waals surface area contributed by atoms with Crippen molar-refractivity contribution in [2.75, 3.05) is 13.1 Å². The second-order valence-corrected chi connectivity index (χ2v) is 6.41. The molecule has 0 unspecified atom stereocenters. The molecule has 1 heterocycles. The Kier molecular flexibility index (Phi) is 6.90. The highest BCUT2D eigenvalue weighted by molar-refractivity contribution is 6.35. The molecule has 0 saturated heterocycles. The Balaban J connectivity index is 1.55. The maximum absolute atomic E-state index is 12.2. The van der Waals surface area contributed by atoms with Crippen molar-refractivity contribution >= 4 is 11.8 Å². The molecule has 0 radical (unpaired) electrons. The zero-order valence-electron chi connectivity index (χ0n) is 15.5. The summed E-state index contributed by atoms with van der Waals surface area (Å²) < 4.78 is 0. The van der Waals surface area contributed by atoms with Crippen LogP contribution in [0.4, 0.5) is 0 Å². The second kappa shape index (κ2) is 10.0. The minimum atomic E-state index is -0.629. The third-order valence-corrected chi connectivity index (χ3v) is 4.47. The lowest BCUT2D eigenvalue weighted by molar-refractivity contribution is -0.139. The van der Waals surface area contributed by atoms with E-state index in [2.05, 4.69) is 15.6 Å². The molecule has 5 heteroatoms. The van der Waals surface area contributed by atoms with Crippen LogP contribution in [0.25, 0.3) is 0 Å². The summed E-state index contributed by atoms with van der Waals surface area (Å²) in [5.74, 6) is -1.28. The van der Waals surface area contributed by atoms with Gasteiger partial charge in [-0.3, -0.25) is 14.6 Å². The zero-order valence-corrected chi connectivity index (χ0v) is 15.5. The molecule has 0 aliphatic rings. The lowest BCUT2D eigenvalue weighted by Crippen LogP contribution is -2.42. The van der Waals surface area contributed by atoms with Gasteiger partial charge in [0.1, 0.15) is 0 Å². The number of carbonyl (C=O) groups excluding carboxylic acids is 2. The zero-order chi connectivity index (χ0) is 19.6. The summed E-state index contributed by atoms with van der Waals surface area (Å²) in [5, 5.41) is 5.40. The van der Waals surface area contributed by atoms with Crippen LogP contribution in [0.5, 0.6) is 0 Å². The van der Waals surface area contributed by atoms with Crippen LogP contribution >= 0.6 is 0 Å². The number of amides is 2. The topological polar surface area (TPSA) is 71.1 Å². The molecular weight excluding hydrogens is 350 g/mol. The number of hydrogen-bond acceptors (Lipinski definition) is 3. The highest BCUT2D eigenvalue weighted by Gasteiger charge is 2.18. The van der Waals surface area contributed by atoms with Gasteiger partial charge >= 0.3 is 11.8 Å². The van der Waals surface area contributed by atoms with Crippen LogP contribution in [-0.4, -0.2) is 29.9 Å². The predicted molar refractivity (Wildman–Crippen MR) is 109 cm³/mol. The number of benzene rings is 2. The highest BCUT2D eigenvalue weighted by Crippen LogP contribution is 2.23. The quantitative estimate of drug-likeness (QED) is 0.626. The minimum absolute atomic E-state index is 0.0207. The second-order valence-electron chi connectivity index (χ2n) is 6.41. The van der Waals surface area contributed by atoms with Crippen LogP contribution in [0.2, 0.25) is 0 Å². The molecule has 0 atom stereocenters. The van der Waals surface area contributed by atoms with Crippen molar-refractivity contribution in [3.05, 3.63) is 102 Å². The summed E-state index contributed by atoms with van der Waals surface area (Å²) in [6, 6.07) is 25.5. The first-order chi connectivity index (χ1) is 13.7. The van der Waals surface area contributed by atoms with Crippen molar-refractivity contribution in [3.8, 4) is 0 Å². The van der Waals surface area contributed by atoms with E-state index in [9.17, 15) is 9.59 Å². The molecular formula is C23H23N3O2. The Bertz CT molecular complexity index is 844. The first-order valence-corrected chi connectivity index (χ1v) is 9.30. The Hall–Kier alpha value is -3.47. The van der Waals surface area contributed by atoms with E-state index in [4.69, 9.17) is 0 Å². The average molecular weight is 373 g/mol. The number of carbonyl (C=O) groups is 2. The minimum Gasteiger partial charge on any atom is -0.347 e. The van der Waals surface area contributed by atoms with Gasteiger partial charge in [0, 0.05) is 37.3 Å². The molecule has 2 N–H and O–H groups in total. The van der Waals surface area contributed by atoms with Gasteiger partial charge in [-0.25, -0.2) is 0 Å². The molecule has 3 rings (SSSR count). The maximum Gasteiger partial charge on any atom is 0.309 e. The van der Waals surface area contributed by atoms with E-state index in [0.29, 0.717) is 19.5 Å². The lowest BCUT2D eigenvalue weighted by Gasteiger charge is -2.18. The molecule has 1 aromatic heterocycles. The molecule has 3 aromatic rings. The summed E-state index contributed by atoms with van der Waals surface area (Å²) in [5.41, 5.74) is 3.05. The Morgan fingerprint density at radius 2 is 1.32 bits per heavy atom. The average Bonchev–Trinajstić information content (AvgIpc) is 2.76. The number of pyridine rings is 1. The molecule has 0 aliphatic heterocycles.